The summed E-state index contributed by atoms with van der Waals surface area (Å²) in [6.07, 6.45) is 8.84. The van der Waals surface area contributed by atoms with Crippen molar-refractivity contribution < 1.29 is 4.74 Å². The first-order valence-corrected chi connectivity index (χ1v) is 6.73. The highest BCUT2D eigenvalue weighted by molar-refractivity contribution is 4.71. The van der Waals surface area contributed by atoms with Crippen LogP contribution in [0.25, 0.3) is 0 Å². The van der Waals surface area contributed by atoms with E-state index in [4.69, 9.17) is 4.74 Å². The number of hydrogen-bond acceptors (Lipinski definition) is 1. The van der Waals surface area contributed by atoms with Crippen LogP contribution in [0.4, 0.5) is 0 Å². The summed E-state index contributed by atoms with van der Waals surface area (Å²) in [5.41, 5.74) is 0. The van der Waals surface area contributed by atoms with Gasteiger partial charge in [-0.05, 0) is 57.3 Å². The molecule has 0 amide bonds. The van der Waals surface area contributed by atoms with Crippen molar-refractivity contribution in [1.82, 2.24) is 0 Å². The average Bonchev–Trinajstić information content (AvgIpc) is 2.19. The highest BCUT2D eigenvalue weighted by atomic mass is 16.5. The lowest BCUT2D eigenvalue weighted by Crippen LogP contribution is -2.25. The normalized spacial score (nSPS) is 29.4. The Hall–Kier alpha value is -0.0400. The quantitative estimate of drug-likeness (QED) is 0.656. The van der Waals surface area contributed by atoms with Gasteiger partial charge in [-0.1, -0.05) is 20.8 Å². The topological polar surface area (TPSA) is 9.23 Å². The van der Waals surface area contributed by atoms with Crippen molar-refractivity contribution in [3.8, 4) is 0 Å². The Morgan fingerprint density at radius 2 is 1.60 bits per heavy atom. The predicted molar refractivity (Wildman–Crippen MR) is 66.0 cm³/mol. The zero-order valence-corrected chi connectivity index (χ0v) is 11.0. The molecule has 0 aromatic rings. The largest absolute Gasteiger partial charge is 0.375 e. The highest BCUT2D eigenvalue weighted by Crippen LogP contribution is 2.27. The van der Waals surface area contributed by atoms with E-state index in [2.05, 4.69) is 27.7 Å². The minimum atomic E-state index is 0.464. The molecule has 0 heterocycles. The zero-order chi connectivity index (χ0) is 11.3. The fourth-order valence-corrected chi connectivity index (χ4v) is 2.33. The summed E-state index contributed by atoms with van der Waals surface area (Å²) in [6, 6.07) is 0. The Labute approximate surface area is 95.6 Å². The minimum Gasteiger partial charge on any atom is -0.375 e. The third kappa shape index (κ3) is 5.55. The van der Waals surface area contributed by atoms with E-state index in [1.807, 2.05) is 0 Å². The van der Waals surface area contributed by atoms with Crippen LogP contribution in [0.5, 0.6) is 0 Å². The SMILES string of the molecule is CC(C)CCC(C)OC1CCC(C)CC1. The second-order valence-electron chi connectivity index (χ2n) is 5.80. The van der Waals surface area contributed by atoms with Crippen LogP contribution in [0.3, 0.4) is 0 Å². The molecule has 15 heavy (non-hydrogen) atoms. The van der Waals surface area contributed by atoms with Gasteiger partial charge in [0.25, 0.3) is 0 Å². The maximum Gasteiger partial charge on any atom is 0.0579 e. The highest BCUT2D eigenvalue weighted by Gasteiger charge is 2.20. The van der Waals surface area contributed by atoms with Crippen LogP contribution < -0.4 is 0 Å². The van der Waals surface area contributed by atoms with E-state index in [0.29, 0.717) is 12.2 Å². The molecule has 1 aliphatic carbocycles. The van der Waals surface area contributed by atoms with Crippen LogP contribution in [0, 0.1) is 11.8 Å². The average molecular weight is 212 g/mol. The molecule has 0 bridgehead atoms. The van der Waals surface area contributed by atoms with Crippen LogP contribution in [0.1, 0.15) is 66.2 Å². The van der Waals surface area contributed by atoms with Gasteiger partial charge in [-0.15, -0.1) is 0 Å². The molecule has 90 valence electrons. The zero-order valence-electron chi connectivity index (χ0n) is 11.0. The molecule has 0 saturated heterocycles. The molecule has 0 aromatic carbocycles. The van der Waals surface area contributed by atoms with Gasteiger partial charge in [0.15, 0.2) is 0 Å². The standard InChI is InChI=1S/C14H28O/c1-11(2)5-8-13(4)15-14-9-6-12(3)7-10-14/h11-14H,5-10H2,1-4H3. The van der Waals surface area contributed by atoms with Crippen molar-refractivity contribution in [2.45, 2.75) is 78.4 Å². The number of rotatable bonds is 5. The van der Waals surface area contributed by atoms with Crippen LogP contribution in [0.2, 0.25) is 0 Å². The lowest BCUT2D eigenvalue weighted by atomic mass is 9.89. The summed E-state index contributed by atoms with van der Waals surface area (Å²) < 4.78 is 6.09. The number of ether oxygens (including phenoxy) is 1. The molecular weight excluding hydrogens is 184 g/mol. The van der Waals surface area contributed by atoms with Gasteiger partial charge in [0, 0.05) is 0 Å². The van der Waals surface area contributed by atoms with E-state index in [9.17, 15) is 0 Å². The first-order chi connectivity index (χ1) is 7.08. The lowest BCUT2D eigenvalue weighted by molar-refractivity contribution is -0.0319. The Kier molecular flexibility index (Phi) is 5.66. The fourth-order valence-electron chi connectivity index (χ4n) is 2.33. The molecule has 0 N–H and O–H groups in total. The first kappa shape index (κ1) is 13.0. The molecule has 1 unspecified atom stereocenters. The van der Waals surface area contributed by atoms with Gasteiger partial charge < -0.3 is 4.74 Å². The van der Waals surface area contributed by atoms with Crippen molar-refractivity contribution in [3.05, 3.63) is 0 Å². The predicted octanol–water partition coefficient (Wildman–Crippen LogP) is 4.41. The van der Waals surface area contributed by atoms with Gasteiger partial charge in [-0.3, -0.25) is 0 Å². The third-order valence-corrected chi connectivity index (χ3v) is 3.54. The van der Waals surface area contributed by atoms with Crippen molar-refractivity contribution in [2.24, 2.45) is 11.8 Å². The van der Waals surface area contributed by atoms with Crippen molar-refractivity contribution in [1.29, 1.82) is 0 Å². The van der Waals surface area contributed by atoms with Gasteiger partial charge in [0.2, 0.25) is 0 Å². The van der Waals surface area contributed by atoms with Crippen molar-refractivity contribution in [3.63, 3.8) is 0 Å². The van der Waals surface area contributed by atoms with E-state index in [1.165, 1.54) is 38.5 Å². The second-order valence-corrected chi connectivity index (χ2v) is 5.80. The molecule has 0 aliphatic heterocycles. The maximum absolute atomic E-state index is 6.09. The molecule has 1 nitrogen and oxygen atoms in total. The van der Waals surface area contributed by atoms with Gasteiger partial charge in [0.1, 0.15) is 0 Å². The smallest absolute Gasteiger partial charge is 0.0579 e. The first-order valence-electron chi connectivity index (χ1n) is 6.73. The summed E-state index contributed by atoms with van der Waals surface area (Å²) >= 11 is 0. The summed E-state index contributed by atoms with van der Waals surface area (Å²) in [4.78, 5) is 0. The Morgan fingerprint density at radius 1 is 1.00 bits per heavy atom. The maximum atomic E-state index is 6.09. The molecule has 1 rings (SSSR count). The number of hydrogen-bond donors (Lipinski definition) is 0. The molecule has 1 aliphatic rings. The van der Waals surface area contributed by atoms with Gasteiger partial charge >= 0.3 is 0 Å². The summed E-state index contributed by atoms with van der Waals surface area (Å²) in [5, 5.41) is 0. The molecule has 0 aromatic heterocycles. The lowest BCUT2D eigenvalue weighted by Gasteiger charge is -2.29. The third-order valence-electron chi connectivity index (χ3n) is 3.54. The van der Waals surface area contributed by atoms with Crippen molar-refractivity contribution >= 4 is 0 Å². The molecule has 1 fully saturated rings. The Bertz CT molecular complexity index is 157. The Morgan fingerprint density at radius 3 is 2.13 bits per heavy atom. The minimum absolute atomic E-state index is 0.464. The molecule has 1 atom stereocenters. The van der Waals surface area contributed by atoms with Crippen molar-refractivity contribution in [2.75, 3.05) is 0 Å². The van der Waals surface area contributed by atoms with E-state index < -0.39 is 0 Å². The summed E-state index contributed by atoms with van der Waals surface area (Å²) in [5.74, 6) is 1.73. The molecule has 0 radical (unpaired) electrons. The molecule has 1 saturated carbocycles. The molecule has 1 heteroatoms. The van der Waals surface area contributed by atoms with Crippen LogP contribution in [0.15, 0.2) is 0 Å². The van der Waals surface area contributed by atoms with Gasteiger partial charge in [0.05, 0.1) is 12.2 Å². The van der Waals surface area contributed by atoms with E-state index in [0.717, 1.165) is 11.8 Å². The van der Waals surface area contributed by atoms with Gasteiger partial charge in [-0.2, -0.15) is 0 Å². The molecular formula is C14H28O. The van der Waals surface area contributed by atoms with Crippen LogP contribution in [-0.4, -0.2) is 12.2 Å². The van der Waals surface area contributed by atoms with Crippen LogP contribution >= 0.6 is 0 Å². The monoisotopic (exact) mass is 212 g/mol. The summed E-state index contributed by atoms with van der Waals surface area (Å²) in [6.45, 7) is 9.17. The van der Waals surface area contributed by atoms with Gasteiger partial charge in [-0.25, -0.2) is 0 Å². The second kappa shape index (κ2) is 6.52. The summed E-state index contributed by atoms with van der Waals surface area (Å²) in [7, 11) is 0. The fraction of sp³-hybridized carbons (Fsp3) is 1.00. The Balaban J connectivity index is 2.12. The van der Waals surface area contributed by atoms with E-state index in [-0.39, 0.29) is 0 Å². The van der Waals surface area contributed by atoms with E-state index in [1.54, 1.807) is 0 Å². The molecule has 0 spiro atoms. The van der Waals surface area contributed by atoms with Crippen LogP contribution in [-0.2, 0) is 4.74 Å². The van der Waals surface area contributed by atoms with E-state index >= 15 is 0 Å².